The van der Waals surface area contributed by atoms with Crippen LogP contribution < -0.4 is 4.74 Å². The van der Waals surface area contributed by atoms with Crippen LogP contribution in [-0.2, 0) is 16.0 Å². The van der Waals surface area contributed by atoms with Gasteiger partial charge in [-0.1, -0.05) is 6.07 Å². The molecule has 1 heterocycles. The highest BCUT2D eigenvalue weighted by molar-refractivity contribution is 5.94. The minimum absolute atomic E-state index is 0.119. The fourth-order valence-corrected chi connectivity index (χ4v) is 5.03. The Morgan fingerprint density at radius 3 is 2.83 bits per heavy atom. The van der Waals surface area contributed by atoms with Crippen molar-refractivity contribution in [2.24, 2.45) is 11.3 Å². The van der Waals surface area contributed by atoms with Crippen LogP contribution in [-0.4, -0.2) is 36.8 Å². The number of ether oxygens (including phenoxy) is 1. The van der Waals surface area contributed by atoms with Crippen LogP contribution in [0.25, 0.3) is 0 Å². The molecule has 1 aliphatic heterocycles. The summed E-state index contributed by atoms with van der Waals surface area (Å²) in [5.74, 6) is 1.40. The average Bonchev–Trinajstić information content (AvgIpc) is 2.55. The largest absolute Gasteiger partial charge is 0.497 e. The second-order valence-electron chi connectivity index (χ2n) is 7.52. The molecule has 2 fully saturated rings. The monoisotopic (exact) mass is 313 g/mol. The lowest BCUT2D eigenvalue weighted by molar-refractivity contribution is -0.160. The van der Waals surface area contributed by atoms with Gasteiger partial charge in [-0.3, -0.25) is 9.59 Å². The van der Waals surface area contributed by atoms with Crippen molar-refractivity contribution in [3.63, 3.8) is 0 Å². The summed E-state index contributed by atoms with van der Waals surface area (Å²) in [7, 11) is 3.56. The lowest BCUT2D eigenvalue weighted by Gasteiger charge is -2.55. The summed E-state index contributed by atoms with van der Waals surface area (Å²) < 4.78 is 5.35. The Hall–Kier alpha value is -1.84. The molecule has 1 amide bonds. The van der Waals surface area contributed by atoms with Gasteiger partial charge in [0.1, 0.15) is 11.5 Å². The van der Waals surface area contributed by atoms with Crippen molar-refractivity contribution in [2.75, 3.05) is 14.2 Å². The van der Waals surface area contributed by atoms with Gasteiger partial charge in [-0.05, 0) is 55.4 Å². The van der Waals surface area contributed by atoms with Crippen LogP contribution in [0.4, 0.5) is 0 Å². The molecule has 0 unspecified atom stereocenters. The van der Waals surface area contributed by atoms with Gasteiger partial charge >= 0.3 is 0 Å². The van der Waals surface area contributed by atoms with Gasteiger partial charge in [-0.25, -0.2) is 0 Å². The molecule has 1 saturated heterocycles. The summed E-state index contributed by atoms with van der Waals surface area (Å²) in [6, 6.07) is 6.18. The molecule has 2 aliphatic carbocycles. The van der Waals surface area contributed by atoms with Crippen LogP contribution in [0.2, 0.25) is 0 Å². The van der Waals surface area contributed by atoms with Gasteiger partial charge in [0.05, 0.1) is 12.5 Å². The molecule has 23 heavy (non-hydrogen) atoms. The Kier molecular flexibility index (Phi) is 3.09. The molecular weight excluding hydrogens is 290 g/mol. The maximum Gasteiger partial charge on any atom is 0.229 e. The summed E-state index contributed by atoms with van der Waals surface area (Å²) in [6.45, 7) is 2.08. The van der Waals surface area contributed by atoms with Crippen molar-refractivity contribution in [1.29, 1.82) is 0 Å². The summed E-state index contributed by atoms with van der Waals surface area (Å²) in [4.78, 5) is 27.8. The van der Waals surface area contributed by atoms with E-state index in [4.69, 9.17) is 4.74 Å². The first-order valence-electron chi connectivity index (χ1n) is 8.43. The zero-order valence-electron chi connectivity index (χ0n) is 14.0. The van der Waals surface area contributed by atoms with Gasteiger partial charge in [0.25, 0.3) is 0 Å². The molecular formula is C19H23NO3. The van der Waals surface area contributed by atoms with Gasteiger partial charge < -0.3 is 9.64 Å². The molecule has 0 aromatic heterocycles. The molecule has 1 aromatic carbocycles. The van der Waals surface area contributed by atoms with Crippen molar-refractivity contribution in [1.82, 2.24) is 4.90 Å². The number of carbonyl (C=O) groups is 2. The first-order valence-corrected chi connectivity index (χ1v) is 8.43. The van der Waals surface area contributed by atoms with E-state index in [1.165, 1.54) is 0 Å². The molecule has 2 bridgehead atoms. The van der Waals surface area contributed by atoms with Gasteiger partial charge in [0.2, 0.25) is 5.91 Å². The number of hydrogen-bond donors (Lipinski definition) is 0. The molecule has 4 heteroatoms. The van der Waals surface area contributed by atoms with Crippen LogP contribution in [0.3, 0.4) is 0 Å². The number of methoxy groups -OCH3 is 1. The second-order valence-corrected chi connectivity index (χ2v) is 7.52. The average molecular weight is 313 g/mol. The number of carbonyl (C=O) groups excluding carboxylic acids is 2. The highest BCUT2D eigenvalue weighted by Gasteiger charge is 2.58. The number of likely N-dealkylation sites (tertiary alicyclic amines) is 1. The van der Waals surface area contributed by atoms with Crippen LogP contribution in [0.1, 0.15) is 43.2 Å². The fourth-order valence-electron chi connectivity index (χ4n) is 5.03. The standard InChI is InChI=1S/C19H23NO3/c1-11-6-13-8-17(21)16-10-19(13,18(22)20(11)2)9-12-7-14(23-3)4-5-15(12)16/h4-5,7,11,13,16H,6,8-10H2,1-3H3/t11-,13+,16-,19+/m1/s1. The minimum atomic E-state index is -0.390. The molecule has 1 aromatic rings. The fraction of sp³-hybridized carbons (Fsp3) is 0.579. The second kappa shape index (κ2) is 4.83. The highest BCUT2D eigenvalue weighted by Crippen LogP contribution is 2.57. The van der Waals surface area contributed by atoms with E-state index in [0.29, 0.717) is 18.6 Å². The Bertz CT molecular complexity index is 698. The third kappa shape index (κ3) is 1.90. The van der Waals surface area contributed by atoms with Gasteiger partial charge in [0.15, 0.2) is 0 Å². The molecule has 122 valence electrons. The number of piperidine rings is 1. The number of ketones is 1. The predicted molar refractivity (Wildman–Crippen MR) is 86.5 cm³/mol. The number of benzene rings is 1. The van der Waals surface area contributed by atoms with Crippen molar-refractivity contribution in [2.45, 2.75) is 44.6 Å². The first-order chi connectivity index (χ1) is 11.0. The van der Waals surface area contributed by atoms with E-state index >= 15 is 0 Å². The summed E-state index contributed by atoms with van der Waals surface area (Å²) in [5.41, 5.74) is 1.84. The minimum Gasteiger partial charge on any atom is -0.497 e. The number of hydrogen-bond acceptors (Lipinski definition) is 3. The lowest BCUT2D eigenvalue weighted by Crippen LogP contribution is -2.60. The van der Waals surface area contributed by atoms with Gasteiger partial charge in [-0.2, -0.15) is 0 Å². The van der Waals surface area contributed by atoms with E-state index < -0.39 is 0 Å². The number of rotatable bonds is 1. The summed E-state index contributed by atoms with van der Waals surface area (Å²) in [5, 5.41) is 0. The number of amides is 1. The van der Waals surface area contributed by atoms with Crippen LogP contribution in [0.15, 0.2) is 18.2 Å². The zero-order valence-corrected chi connectivity index (χ0v) is 14.0. The van der Waals surface area contributed by atoms with E-state index in [2.05, 4.69) is 6.92 Å². The molecule has 0 N–H and O–H groups in total. The molecule has 4 nitrogen and oxygen atoms in total. The highest BCUT2D eigenvalue weighted by atomic mass is 16.5. The van der Waals surface area contributed by atoms with E-state index in [1.807, 2.05) is 30.1 Å². The smallest absolute Gasteiger partial charge is 0.229 e. The van der Waals surface area contributed by atoms with E-state index in [-0.39, 0.29) is 29.2 Å². The third-order valence-corrected chi connectivity index (χ3v) is 6.45. The topological polar surface area (TPSA) is 46.6 Å². The maximum atomic E-state index is 13.2. The van der Waals surface area contributed by atoms with Gasteiger partial charge in [-0.15, -0.1) is 0 Å². The molecule has 4 atom stereocenters. The normalized spacial score (nSPS) is 35.6. The number of Topliss-reactive ketones (excluding diaryl/α,β-unsaturated/α-hetero) is 1. The van der Waals surface area contributed by atoms with Gasteiger partial charge in [0, 0.05) is 25.4 Å². The zero-order chi connectivity index (χ0) is 16.4. The molecule has 1 spiro atoms. The van der Waals surface area contributed by atoms with E-state index in [0.717, 1.165) is 29.7 Å². The molecule has 1 saturated carbocycles. The van der Waals surface area contributed by atoms with E-state index in [1.54, 1.807) is 7.11 Å². The number of fused-ring (bicyclic) bond motifs is 3. The van der Waals surface area contributed by atoms with Crippen LogP contribution in [0, 0.1) is 11.3 Å². The lowest BCUT2D eigenvalue weighted by atomic mass is 9.52. The van der Waals surface area contributed by atoms with Crippen molar-refractivity contribution in [3.05, 3.63) is 29.3 Å². The van der Waals surface area contributed by atoms with E-state index in [9.17, 15) is 9.59 Å². The summed E-state index contributed by atoms with van der Waals surface area (Å²) in [6.07, 6.45) is 2.91. The Labute approximate surface area is 136 Å². The third-order valence-electron chi connectivity index (χ3n) is 6.45. The summed E-state index contributed by atoms with van der Waals surface area (Å²) >= 11 is 0. The van der Waals surface area contributed by atoms with Crippen molar-refractivity contribution >= 4 is 11.7 Å². The Balaban J connectivity index is 1.85. The SMILES string of the molecule is COc1ccc2c(c1)C[C@]13C[C@H]2C(=O)C[C@@H]1C[C@@H](C)N(C)C3=O. The van der Waals surface area contributed by atoms with Crippen molar-refractivity contribution < 1.29 is 14.3 Å². The van der Waals surface area contributed by atoms with Crippen LogP contribution in [0.5, 0.6) is 5.75 Å². The number of nitrogens with zero attached hydrogens (tertiary/aromatic N) is 1. The molecule has 4 rings (SSSR count). The Morgan fingerprint density at radius 1 is 1.30 bits per heavy atom. The Morgan fingerprint density at radius 2 is 2.09 bits per heavy atom. The molecule has 0 radical (unpaired) electrons. The molecule has 3 aliphatic rings. The van der Waals surface area contributed by atoms with Crippen LogP contribution >= 0.6 is 0 Å². The maximum absolute atomic E-state index is 13.2. The quantitative estimate of drug-likeness (QED) is 0.800. The first kappa shape index (κ1) is 14.7. The van der Waals surface area contributed by atoms with Crippen molar-refractivity contribution in [3.8, 4) is 5.75 Å². The predicted octanol–water partition coefficient (Wildman–Crippen LogP) is 2.55.